The Morgan fingerprint density at radius 1 is 1.23 bits per heavy atom. The molecule has 2 atom stereocenters. The summed E-state index contributed by atoms with van der Waals surface area (Å²) in [6, 6.07) is 8.17. The summed E-state index contributed by atoms with van der Waals surface area (Å²) in [6.45, 7) is 11.6. The molecule has 0 aliphatic carbocycles. The number of benzene rings is 1. The first-order valence-corrected chi connectivity index (χ1v) is 7.71. The summed E-state index contributed by atoms with van der Waals surface area (Å²) >= 11 is 0. The molecule has 1 amide bonds. The fourth-order valence-electron chi connectivity index (χ4n) is 2.02. The Kier molecular flexibility index (Phi) is 9.86. The second-order valence-corrected chi connectivity index (χ2v) is 5.69. The summed E-state index contributed by atoms with van der Waals surface area (Å²) in [5, 5.41) is 6.15. The molecule has 0 aromatic heterocycles. The molecule has 5 heteroatoms. The van der Waals surface area contributed by atoms with Crippen molar-refractivity contribution in [1.82, 2.24) is 10.6 Å². The van der Waals surface area contributed by atoms with E-state index in [-0.39, 0.29) is 24.4 Å². The molecule has 0 aliphatic rings. The lowest BCUT2D eigenvalue weighted by Gasteiger charge is -2.18. The number of carbonyl (C=O) groups excluding carboxylic acids is 1. The van der Waals surface area contributed by atoms with Gasteiger partial charge in [0, 0.05) is 12.6 Å². The van der Waals surface area contributed by atoms with Crippen LogP contribution in [0.5, 0.6) is 5.75 Å². The van der Waals surface area contributed by atoms with Crippen LogP contribution in [0.1, 0.15) is 46.1 Å². The van der Waals surface area contributed by atoms with Gasteiger partial charge < -0.3 is 15.4 Å². The van der Waals surface area contributed by atoms with E-state index >= 15 is 0 Å². The lowest BCUT2D eigenvalue weighted by Crippen LogP contribution is -2.43. The van der Waals surface area contributed by atoms with Gasteiger partial charge in [-0.2, -0.15) is 0 Å². The van der Waals surface area contributed by atoms with Crippen molar-refractivity contribution >= 4 is 18.3 Å². The minimum Gasteiger partial charge on any atom is -0.481 e. The Morgan fingerprint density at radius 2 is 1.91 bits per heavy atom. The highest BCUT2D eigenvalue weighted by atomic mass is 35.5. The van der Waals surface area contributed by atoms with Gasteiger partial charge in [0.2, 0.25) is 0 Å². The Labute approximate surface area is 140 Å². The summed E-state index contributed by atoms with van der Waals surface area (Å²) < 4.78 is 5.73. The fraction of sp³-hybridized carbons (Fsp3) is 0.588. The summed E-state index contributed by atoms with van der Waals surface area (Å²) in [6.07, 6.45) is -0.499. The molecule has 0 aliphatic heterocycles. The smallest absolute Gasteiger partial charge is 0.260 e. The standard InChI is InChI=1S/C17H28N2O2.ClH/c1-6-18-13(4)11-19-17(20)14(5)21-16-9-7-8-15(10-16)12(2)3;/h7-10,12-14,18H,6,11H2,1-5H3,(H,19,20);1H/t13-,14?;/m1./s1. The molecular formula is C17H29ClN2O2. The van der Waals surface area contributed by atoms with Gasteiger partial charge in [-0.1, -0.05) is 32.9 Å². The predicted octanol–water partition coefficient (Wildman–Crippen LogP) is 3.11. The summed E-state index contributed by atoms with van der Waals surface area (Å²) in [7, 11) is 0. The molecule has 0 saturated carbocycles. The number of likely N-dealkylation sites (N-methyl/N-ethyl adjacent to an activating group) is 1. The van der Waals surface area contributed by atoms with Crippen molar-refractivity contribution < 1.29 is 9.53 Å². The monoisotopic (exact) mass is 328 g/mol. The average molecular weight is 329 g/mol. The molecule has 126 valence electrons. The van der Waals surface area contributed by atoms with Gasteiger partial charge in [-0.25, -0.2) is 0 Å². The van der Waals surface area contributed by atoms with Gasteiger partial charge in [-0.05, 0) is 44.0 Å². The number of rotatable bonds is 8. The van der Waals surface area contributed by atoms with Crippen LogP contribution < -0.4 is 15.4 Å². The number of carbonyl (C=O) groups is 1. The molecule has 0 fully saturated rings. The van der Waals surface area contributed by atoms with E-state index < -0.39 is 6.10 Å². The third-order valence-electron chi connectivity index (χ3n) is 3.34. The first kappa shape index (κ1) is 20.7. The molecule has 2 N–H and O–H groups in total. The van der Waals surface area contributed by atoms with E-state index in [1.54, 1.807) is 6.92 Å². The zero-order valence-electron chi connectivity index (χ0n) is 14.2. The molecule has 1 rings (SSSR count). The molecule has 0 saturated heterocycles. The number of hydrogen-bond acceptors (Lipinski definition) is 3. The van der Waals surface area contributed by atoms with Crippen LogP contribution in [0.25, 0.3) is 0 Å². The van der Waals surface area contributed by atoms with Crippen LogP contribution >= 0.6 is 12.4 Å². The van der Waals surface area contributed by atoms with Gasteiger partial charge in [0.1, 0.15) is 5.75 Å². The van der Waals surface area contributed by atoms with Gasteiger partial charge in [0.25, 0.3) is 5.91 Å². The van der Waals surface area contributed by atoms with Crippen LogP contribution in [0, 0.1) is 0 Å². The zero-order chi connectivity index (χ0) is 15.8. The number of halogens is 1. The molecule has 0 bridgehead atoms. The topological polar surface area (TPSA) is 50.4 Å². The van der Waals surface area contributed by atoms with Crippen molar-refractivity contribution in [2.24, 2.45) is 0 Å². The number of ether oxygens (including phenoxy) is 1. The Morgan fingerprint density at radius 3 is 2.50 bits per heavy atom. The second kappa shape index (κ2) is 10.5. The largest absolute Gasteiger partial charge is 0.481 e. The highest BCUT2D eigenvalue weighted by Gasteiger charge is 2.15. The molecule has 0 heterocycles. The Balaban J connectivity index is 0.00000441. The van der Waals surface area contributed by atoms with Crippen LogP contribution in [0.15, 0.2) is 24.3 Å². The first-order valence-electron chi connectivity index (χ1n) is 7.71. The van der Waals surface area contributed by atoms with E-state index in [2.05, 4.69) is 30.5 Å². The second-order valence-electron chi connectivity index (χ2n) is 5.69. The molecule has 1 unspecified atom stereocenters. The van der Waals surface area contributed by atoms with Crippen molar-refractivity contribution in [3.8, 4) is 5.75 Å². The number of amides is 1. The summed E-state index contributed by atoms with van der Waals surface area (Å²) in [5.41, 5.74) is 1.21. The molecule has 0 radical (unpaired) electrons. The maximum atomic E-state index is 12.0. The molecule has 1 aromatic carbocycles. The van der Waals surface area contributed by atoms with Crippen LogP contribution in [0.3, 0.4) is 0 Å². The molecule has 0 spiro atoms. The Bertz CT molecular complexity index is 452. The van der Waals surface area contributed by atoms with Crippen LogP contribution in [-0.2, 0) is 4.79 Å². The van der Waals surface area contributed by atoms with Gasteiger partial charge >= 0.3 is 0 Å². The molecular weight excluding hydrogens is 300 g/mol. The predicted molar refractivity (Wildman–Crippen MR) is 94.0 cm³/mol. The lowest BCUT2D eigenvalue weighted by atomic mass is 10.0. The van der Waals surface area contributed by atoms with Gasteiger partial charge in [-0.3, -0.25) is 4.79 Å². The minimum absolute atomic E-state index is 0. The van der Waals surface area contributed by atoms with Crippen LogP contribution in [0.2, 0.25) is 0 Å². The third kappa shape index (κ3) is 7.14. The summed E-state index contributed by atoms with van der Waals surface area (Å²) in [4.78, 5) is 12.0. The van der Waals surface area contributed by atoms with Crippen molar-refractivity contribution in [2.75, 3.05) is 13.1 Å². The lowest BCUT2D eigenvalue weighted by molar-refractivity contribution is -0.127. The van der Waals surface area contributed by atoms with E-state index in [1.165, 1.54) is 5.56 Å². The fourth-order valence-corrected chi connectivity index (χ4v) is 2.02. The van der Waals surface area contributed by atoms with Crippen molar-refractivity contribution in [3.63, 3.8) is 0 Å². The van der Waals surface area contributed by atoms with Crippen LogP contribution in [-0.4, -0.2) is 31.1 Å². The quantitative estimate of drug-likeness (QED) is 0.771. The van der Waals surface area contributed by atoms with Crippen molar-refractivity contribution in [1.29, 1.82) is 0 Å². The van der Waals surface area contributed by atoms with E-state index in [1.807, 2.05) is 32.0 Å². The highest BCUT2D eigenvalue weighted by Crippen LogP contribution is 2.20. The zero-order valence-corrected chi connectivity index (χ0v) is 15.0. The van der Waals surface area contributed by atoms with Crippen molar-refractivity contribution in [2.45, 2.75) is 52.7 Å². The third-order valence-corrected chi connectivity index (χ3v) is 3.34. The van der Waals surface area contributed by atoms with Gasteiger partial charge in [-0.15, -0.1) is 12.4 Å². The minimum atomic E-state index is -0.499. The highest BCUT2D eigenvalue weighted by molar-refractivity contribution is 5.85. The van der Waals surface area contributed by atoms with Gasteiger partial charge in [0.05, 0.1) is 0 Å². The number of hydrogen-bond donors (Lipinski definition) is 2. The van der Waals surface area contributed by atoms with Crippen molar-refractivity contribution in [3.05, 3.63) is 29.8 Å². The SMILES string of the molecule is CCN[C@H](C)CNC(=O)C(C)Oc1cccc(C(C)C)c1.Cl. The maximum absolute atomic E-state index is 12.0. The normalized spacial score (nSPS) is 13.2. The average Bonchev–Trinajstić information content (AvgIpc) is 2.45. The van der Waals surface area contributed by atoms with Crippen LogP contribution in [0.4, 0.5) is 0 Å². The van der Waals surface area contributed by atoms with E-state index in [0.29, 0.717) is 12.5 Å². The first-order chi connectivity index (χ1) is 9.93. The van der Waals surface area contributed by atoms with Gasteiger partial charge in [0.15, 0.2) is 6.10 Å². The van der Waals surface area contributed by atoms with E-state index in [9.17, 15) is 4.79 Å². The summed E-state index contributed by atoms with van der Waals surface area (Å²) in [5.74, 6) is 1.09. The van der Waals surface area contributed by atoms with E-state index in [4.69, 9.17) is 4.74 Å². The maximum Gasteiger partial charge on any atom is 0.260 e. The molecule has 1 aromatic rings. The number of nitrogens with one attached hydrogen (secondary N) is 2. The van der Waals surface area contributed by atoms with E-state index in [0.717, 1.165) is 12.3 Å². The Hall–Kier alpha value is -1.26. The molecule has 22 heavy (non-hydrogen) atoms. The molecule has 4 nitrogen and oxygen atoms in total.